The van der Waals surface area contributed by atoms with Gasteiger partial charge in [0.2, 0.25) is 0 Å². The van der Waals surface area contributed by atoms with Gasteiger partial charge in [-0.15, -0.1) is 6.58 Å². The Morgan fingerprint density at radius 3 is 1.11 bits per heavy atom. The lowest BCUT2D eigenvalue weighted by molar-refractivity contribution is 0.0473. The van der Waals surface area contributed by atoms with Crippen LogP contribution in [0, 0.1) is 0 Å². The third-order valence-corrected chi connectivity index (χ3v) is 13.0. The van der Waals surface area contributed by atoms with Crippen molar-refractivity contribution in [3.8, 4) is 0 Å². The molecule has 0 fully saturated rings. The first-order valence-electron chi connectivity index (χ1n) is 13.6. The zero-order chi connectivity index (χ0) is 28.9. The summed E-state index contributed by atoms with van der Waals surface area (Å²) in [5, 5.41) is 0. The Hall–Kier alpha value is -1.66. The zero-order valence-electron chi connectivity index (χ0n) is 24.3. The molecule has 1 heterocycles. The van der Waals surface area contributed by atoms with Crippen molar-refractivity contribution in [1.29, 1.82) is 0 Å². The van der Waals surface area contributed by atoms with Gasteiger partial charge in [-0.2, -0.15) is 0 Å². The maximum Gasteiger partial charge on any atom is 0.525 e. The van der Waals surface area contributed by atoms with Crippen molar-refractivity contribution in [2.75, 3.05) is 39.6 Å². The molecule has 12 nitrogen and oxygen atoms in total. The van der Waals surface area contributed by atoms with Crippen molar-refractivity contribution >= 4 is 17.6 Å². The summed E-state index contributed by atoms with van der Waals surface area (Å²) in [6, 6.07) is 0. The average molecular weight is 578 g/mol. The summed E-state index contributed by atoms with van der Waals surface area (Å²) in [5.74, 6) is 0. The van der Waals surface area contributed by atoms with Crippen LogP contribution < -0.4 is 17.1 Å². The van der Waals surface area contributed by atoms with Crippen LogP contribution in [0.25, 0.3) is 0 Å². The Labute approximate surface area is 227 Å². The first-order chi connectivity index (χ1) is 18.2. The molecule has 0 aliphatic carbocycles. The predicted molar refractivity (Wildman–Crippen MR) is 149 cm³/mol. The van der Waals surface area contributed by atoms with Crippen LogP contribution in [0.5, 0.6) is 0 Å². The molecule has 1 rings (SSSR count). The number of rotatable bonds is 20. The molecule has 38 heavy (non-hydrogen) atoms. The van der Waals surface area contributed by atoms with Gasteiger partial charge < -0.3 is 26.6 Å². The van der Waals surface area contributed by atoms with E-state index in [2.05, 4.69) is 6.58 Å². The minimum absolute atomic E-state index is 0.107. The van der Waals surface area contributed by atoms with Gasteiger partial charge in [0.1, 0.15) is 11.3 Å². The van der Waals surface area contributed by atoms with Crippen molar-refractivity contribution in [2.24, 2.45) is 0 Å². The van der Waals surface area contributed by atoms with E-state index in [1.54, 1.807) is 41.5 Å². The number of nitrogens with zero attached hydrogens (tertiary/aromatic N) is 3. The largest absolute Gasteiger partial charge is 0.525 e. The lowest BCUT2D eigenvalue weighted by Gasteiger charge is -2.37. The van der Waals surface area contributed by atoms with E-state index in [-0.39, 0.29) is 59.0 Å². The molecule has 220 valence electrons. The van der Waals surface area contributed by atoms with Crippen LogP contribution in [0.15, 0.2) is 27.0 Å². The first-order valence-corrected chi connectivity index (χ1v) is 17.2. The van der Waals surface area contributed by atoms with Crippen molar-refractivity contribution in [3.63, 3.8) is 0 Å². The second-order valence-electron chi connectivity index (χ2n) is 8.14. The number of hydrogen-bond donors (Lipinski definition) is 0. The van der Waals surface area contributed by atoms with Crippen LogP contribution in [-0.4, -0.2) is 71.0 Å². The number of allylic oxidation sites excluding steroid dienone is 1. The highest BCUT2D eigenvalue weighted by Crippen LogP contribution is 2.29. The Morgan fingerprint density at radius 1 is 0.605 bits per heavy atom. The number of hydrogen-bond acceptors (Lipinski definition) is 9. The van der Waals surface area contributed by atoms with Crippen LogP contribution >= 0.6 is 0 Å². The van der Waals surface area contributed by atoms with E-state index >= 15 is 0 Å². The normalized spacial score (nSPS) is 14.0. The number of aromatic nitrogens is 3. The molecular weight excluding hydrogens is 530 g/mol. The van der Waals surface area contributed by atoms with Crippen LogP contribution in [0.1, 0.15) is 79.6 Å². The van der Waals surface area contributed by atoms with Gasteiger partial charge in [0.05, 0.1) is 6.54 Å². The molecule has 2 unspecified atom stereocenters. The minimum Gasteiger partial charge on any atom is -0.373 e. The second-order valence-corrected chi connectivity index (χ2v) is 13.6. The Bertz CT molecular complexity index is 934. The third kappa shape index (κ3) is 7.10. The molecular formula is C24H47N3O9Si2. The molecule has 0 saturated heterocycles. The standard InChI is InChI=1S/C24H47N3O9Si2/c1-10-19-25-22(28)26(20(11-2)37(31-13-4,32-14-5)33-15-6)24(30)27(23(25)29)21(12-3)38(34-16-7,35-17-8)36-18-9/h10,20-21H,1,11-19H2,2-9H3. The molecule has 0 aliphatic heterocycles. The summed E-state index contributed by atoms with van der Waals surface area (Å²) < 4.78 is 39.6. The topological polar surface area (TPSA) is 121 Å². The van der Waals surface area contributed by atoms with E-state index in [9.17, 15) is 14.4 Å². The Morgan fingerprint density at radius 2 is 0.895 bits per heavy atom. The Balaban J connectivity index is 4.27. The highest BCUT2D eigenvalue weighted by molar-refractivity contribution is 6.62. The third-order valence-electron chi connectivity index (χ3n) is 5.88. The molecule has 0 bridgehead atoms. The molecule has 0 spiro atoms. The molecule has 0 radical (unpaired) electrons. The summed E-state index contributed by atoms with van der Waals surface area (Å²) in [6.07, 6.45) is 2.01. The summed E-state index contributed by atoms with van der Waals surface area (Å²) >= 11 is 0. The monoisotopic (exact) mass is 577 g/mol. The van der Waals surface area contributed by atoms with Gasteiger partial charge in [0.15, 0.2) is 0 Å². The van der Waals surface area contributed by atoms with Crippen molar-refractivity contribution in [2.45, 2.75) is 86.1 Å². The van der Waals surface area contributed by atoms with E-state index in [1.165, 1.54) is 6.08 Å². The second kappa shape index (κ2) is 16.4. The highest BCUT2D eigenvalue weighted by Gasteiger charge is 2.54. The maximum absolute atomic E-state index is 14.3. The molecule has 0 saturated carbocycles. The van der Waals surface area contributed by atoms with Crippen molar-refractivity contribution in [1.82, 2.24) is 13.7 Å². The van der Waals surface area contributed by atoms with Gasteiger partial charge in [0.25, 0.3) is 0 Å². The molecule has 0 aromatic carbocycles. The van der Waals surface area contributed by atoms with E-state index in [0.29, 0.717) is 0 Å². The summed E-state index contributed by atoms with van der Waals surface area (Å²) in [4.78, 5) is 41.9. The highest BCUT2D eigenvalue weighted by atomic mass is 28.4. The quantitative estimate of drug-likeness (QED) is 0.170. The minimum atomic E-state index is -3.63. The van der Waals surface area contributed by atoms with E-state index < -0.39 is 46.0 Å². The van der Waals surface area contributed by atoms with Crippen LogP contribution in [0.4, 0.5) is 0 Å². The fourth-order valence-corrected chi connectivity index (χ4v) is 10.8. The molecule has 14 heteroatoms. The molecule has 2 atom stereocenters. The molecule has 1 aromatic rings. The summed E-state index contributed by atoms with van der Waals surface area (Å²) in [6.45, 7) is 19.5. The smallest absolute Gasteiger partial charge is 0.373 e. The predicted octanol–water partition coefficient (Wildman–Crippen LogP) is 2.44. The van der Waals surface area contributed by atoms with Gasteiger partial charge in [-0.25, -0.2) is 28.1 Å². The molecule has 0 aliphatic rings. The van der Waals surface area contributed by atoms with Crippen molar-refractivity contribution < 1.29 is 26.6 Å². The van der Waals surface area contributed by atoms with Crippen LogP contribution in [0.2, 0.25) is 0 Å². The van der Waals surface area contributed by atoms with E-state index in [4.69, 9.17) is 26.6 Å². The van der Waals surface area contributed by atoms with Crippen LogP contribution in [-0.2, 0) is 33.1 Å². The SMILES string of the molecule is C=CCn1c(=O)n(C(CC)[Si](OCC)(OCC)OCC)c(=O)n(C(CC)[Si](OCC)(OCC)OCC)c1=O. The van der Waals surface area contributed by atoms with Gasteiger partial charge in [-0.05, 0) is 54.4 Å². The fraction of sp³-hybridized carbons (Fsp3) is 0.792. The first kappa shape index (κ1) is 34.4. The summed E-state index contributed by atoms with van der Waals surface area (Å²) in [7, 11) is -7.25. The van der Waals surface area contributed by atoms with E-state index in [0.717, 1.165) is 13.7 Å². The lowest BCUT2D eigenvalue weighted by Crippen LogP contribution is -2.66. The van der Waals surface area contributed by atoms with Gasteiger partial charge >= 0.3 is 34.7 Å². The van der Waals surface area contributed by atoms with Gasteiger partial charge in [-0.1, -0.05) is 19.9 Å². The Kier molecular flexibility index (Phi) is 14.9. The van der Waals surface area contributed by atoms with E-state index in [1.807, 2.05) is 13.8 Å². The van der Waals surface area contributed by atoms with Gasteiger partial charge in [0, 0.05) is 39.6 Å². The molecule has 1 aromatic heterocycles. The average Bonchev–Trinajstić information content (AvgIpc) is 2.87. The summed E-state index contributed by atoms with van der Waals surface area (Å²) in [5.41, 5.74) is -4.16. The maximum atomic E-state index is 14.3. The molecule has 0 N–H and O–H groups in total. The zero-order valence-corrected chi connectivity index (χ0v) is 26.3. The van der Waals surface area contributed by atoms with Crippen molar-refractivity contribution in [3.05, 3.63) is 44.1 Å². The lowest BCUT2D eigenvalue weighted by atomic mass is 10.4. The van der Waals surface area contributed by atoms with Crippen LogP contribution in [0.3, 0.4) is 0 Å². The fourth-order valence-electron chi connectivity index (χ4n) is 4.66. The van der Waals surface area contributed by atoms with Gasteiger partial charge in [-0.3, -0.25) is 0 Å². The molecule has 0 amide bonds.